The van der Waals surface area contributed by atoms with Crippen LogP contribution >= 0.6 is 11.3 Å². The first-order valence-corrected chi connectivity index (χ1v) is 9.68. The van der Waals surface area contributed by atoms with Crippen molar-refractivity contribution in [2.45, 2.75) is 19.8 Å². The lowest BCUT2D eigenvalue weighted by atomic mass is 10.1. The predicted octanol–water partition coefficient (Wildman–Crippen LogP) is 4.28. The van der Waals surface area contributed by atoms with Crippen LogP contribution < -0.4 is 15.4 Å². The number of nitrogens with zero attached hydrogens (tertiary/aromatic N) is 1. The molecule has 0 saturated carbocycles. The first-order chi connectivity index (χ1) is 13.5. The molecule has 1 heterocycles. The Hall–Kier alpha value is -3.19. The molecule has 3 rings (SSSR count). The number of nitrogens with one attached hydrogen (secondary N) is 2. The fraction of sp³-hybridized carbons (Fsp3) is 0.190. The van der Waals surface area contributed by atoms with E-state index in [1.165, 1.54) is 11.3 Å². The van der Waals surface area contributed by atoms with Gasteiger partial charge in [0.05, 0.1) is 12.8 Å². The highest BCUT2D eigenvalue weighted by Crippen LogP contribution is 2.26. The standard InChI is InChI=1S/C21H21N3O3S/c1-14-8-10-18(27-2)16(12-14)22-20(26)17-13-28-21(23-17)24-19(25)11-9-15-6-4-3-5-7-15/h3-8,10,12-13H,9,11H2,1-2H3,(H,22,26)(H,23,24,25). The average molecular weight is 395 g/mol. The Bertz CT molecular complexity index is 970. The van der Waals surface area contributed by atoms with E-state index < -0.39 is 0 Å². The van der Waals surface area contributed by atoms with Crippen molar-refractivity contribution >= 4 is 34.0 Å². The monoisotopic (exact) mass is 395 g/mol. The van der Waals surface area contributed by atoms with Gasteiger partial charge in [0.1, 0.15) is 11.4 Å². The van der Waals surface area contributed by atoms with Crippen LogP contribution in [0.5, 0.6) is 5.75 Å². The number of anilines is 2. The number of rotatable bonds is 7. The third-order valence-corrected chi connectivity index (χ3v) is 4.83. The summed E-state index contributed by atoms with van der Waals surface area (Å²) in [7, 11) is 1.55. The van der Waals surface area contributed by atoms with Gasteiger partial charge in [-0.05, 0) is 36.6 Å². The molecular weight excluding hydrogens is 374 g/mol. The molecule has 2 N–H and O–H groups in total. The number of carbonyl (C=O) groups is 2. The van der Waals surface area contributed by atoms with Crippen LogP contribution in [0.15, 0.2) is 53.9 Å². The number of hydrogen-bond donors (Lipinski definition) is 2. The van der Waals surface area contributed by atoms with Crippen LogP contribution in [0.25, 0.3) is 0 Å². The molecule has 0 bridgehead atoms. The number of ether oxygens (including phenoxy) is 1. The second kappa shape index (κ2) is 9.14. The van der Waals surface area contributed by atoms with Gasteiger partial charge in [-0.3, -0.25) is 9.59 Å². The van der Waals surface area contributed by atoms with E-state index in [2.05, 4.69) is 15.6 Å². The summed E-state index contributed by atoms with van der Waals surface area (Å²) >= 11 is 1.22. The third kappa shape index (κ3) is 5.17. The maximum absolute atomic E-state index is 12.5. The molecule has 2 amide bonds. The molecule has 0 atom stereocenters. The van der Waals surface area contributed by atoms with Gasteiger partial charge in [0.15, 0.2) is 5.13 Å². The Morgan fingerprint density at radius 1 is 1.11 bits per heavy atom. The minimum atomic E-state index is -0.357. The smallest absolute Gasteiger partial charge is 0.275 e. The van der Waals surface area contributed by atoms with Crippen molar-refractivity contribution in [3.63, 3.8) is 0 Å². The lowest BCUT2D eigenvalue weighted by molar-refractivity contribution is -0.116. The van der Waals surface area contributed by atoms with Gasteiger partial charge in [-0.1, -0.05) is 36.4 Å². The molecular formula is C21H21N3O3S. The van der Waals surface area contributed by atoms with E-state index >= 15 is 0 Å². The molecule has 0 aliphatic carbocycles. The summed E-state index contributed by atoms with van der Waals surface area (Å²) in [6, 6.07) is 15.3. The van der Waals surface area contributed by atoms with Crippen molar-refractivity contribution in [2.75, 3.05) is 17.7 Å². The molecule has 0 aliphatic rings. The summed E-state index contributed by atoms with van der Waals surface area (Å²) in [5, 5.41) is 7.56. The van der Waals surface area contributed by atoms with Crippen LogP contribution in [-0.4, -0.2) is 23.9 Å². The molecule has 6 nitrogen and oxygen atoms in total. The largest absolute Gasteiger partial charge is 0.495 e. The zero-order chi connectivity index (χ0) is 19.9. The molecule has 0 aliphatic heterocycles. The number of benzene rings is 2. The minimum absolute atomic E-state index is 0.134. The van der Waals surface area contributed by atoms with Gasteiger partial charge >= 0.3 is 0 Å². The second-order valence-electron chi connectivity index (χ2n) is 6.23. The normalized spacial score (nSPS) is 10.4. The molecule has 7 heteroatoms. The van der Waals surface area contributed by atoms with E-state index in [9.17, 15) is 9.59 Å². The first-order valence-electron chi connectivity index (χ1n) is 8.80. The summed E-state index contributed by atoms with van der Waals surface area (Å²) in [6.45, 7) is 1.93. The SMILES string of the molecule is COc1ccc(C)cc1NC(=O)c1csc(NC(=O)CCc2ccccc2)n1. The zero-order valence-electron chi connectivity index (χ0n) is 15.7. The second-order valence-corrected chi connectivity index (χ2v) is 7.09. The Balaban J connectivity index is 1.58. The van der Waals surface area contributed by atoms with Crippen molar-refractivity contribution in [2.24, 2.45) is 0 Å². The Morgan fingerprint density at radius 3 is 2.64 bits per heavy atom. The van der Waals surface area contributed by atoms with E-state index in [4.69, 9.17) is 4.74 Å². The predicted molar refractivity (Wildman–Crippen MR) is 111 cm³/mol. The summed E-state index contributed by atoms with van der Waals surface area (Å²) in [5.74, 6) is 0.0825. The van der Waals surface area contributed by atoms with Crippen LogP contribution in [0.3, 0.4) is 0 Å². The highest BCUT2D eigenvalue weighted by molar-refractivity contribution is 7.14. The number of thiazole rings is 1. The fourth-order valence-electron chi connectivity index (χ4n) is 2.63. The van der Waals surface area contributed by atoms with Crippen molar-refractivity contribution < 1.29 is 14.3 Å². The molecule has 28 heavy (non-hydrogen) atoms. The number of carbonyl (C=O) groups excluding carboxylic acids is 2. The van der Waals surface area contributed by atoms with E-state index in [-0.39, 0.29) is 17.5 Å². The molecule has 0 saturated heterocycles. The Kier molecular flexibility index (Phi) is 6.39. The summed E-state index contributed by atoms with van der Waals surface area (Å²) in [6.07, 6.45) is 1.00. The third-order valence-electron chi connectivity index (χ3n) is 4.07. The fourth-order valence-corrected chi connectivity index (χ4v) is 3.33. The maximum atomic E-state index is 12.5. The Labute approximate surface area is 167 Å². The number of aromatic nitrogens is 1. The van der Waals surface area contributed by atoms with Gasteiger partial charge in [-0.2, -0.15) is 0 Å². The van der Waals surface area contributed by atoms with Gasteiger partial charge in [0, 0.05) is 11.8 Å². The quantitative estimate of drug-likeness (QED) is 0.626. The van der Waals surface area contributed by atoms with Crippen molar-refractivity contribution in [1.29, 1.82) is 0 Å². The highest BCUT2D eigenvalue weighted by atomic mass is 32.1. The van der Waals surface area contributed by atoms with Crippen molar-refractivity contribution in [3.8, 4) is 5.75 Å². The number of aryl methyl sites for hydroxylation is 2. The topological polar surface area (TPSA) is 80.3 Å². The number of methoxy groups -OCH3 is 1. The number of hydrogen-bond acceptors (Lipinski definition) is 5. The summed E-state index contributed by atoms with van der Waals surface area (Å²) in [5.41, 5.74) is 2.92. The van der Waals surface area contributed by atoms with Crippen LogP contribution in [-0.2, 0) is 11.2 Å². The van der Waals surface area contributed by atoms with E-state index in [1.54, 1.807) is 18.6 Å². The molecule has 0 unspecified atom stereocenters. The van der Waals surface area contributed by atoms with Gasteiger partial charge < -0.3 is 15.4 Å². The summed E-state index contributed by atoms with van der Waals surface area (Å²) < 4.78 is 5.27. The van der Waals surface area contributed by atoms with Crippen molar-refractivity contribution in [1.82, 2.24) is 4.98 Å². The lowest BCUT2D eigenvalue weighted by Crippen LogP contribution is -2.15. The van der Waals surface area contributed by atoms with Crippen molar-refractivity contribution in [3.05, 3.63) is 70.7 Å². The van der Waals surface area contributed by atoms with E-state index in [0.717, 1.165) is 11.1 Å². The van der Waals surface area contributed by atoms with Crippen LogP contribution in [0.4, 0.5) is 10.8 Å². The van der Waals surface area contributed by atoms with Gasteiger partial charge in [-0.15, -0.1) is 11.3 Å². The minimum Gasteiger partial charge on any atom is -0.495 e. The van der Waals surface area contributed by atoms with E-state index in [1.807, 2.05) is 49.4 Å². The average Bonchev–Trinajstić information content (AvgIpc) is 3.16. The molecule has 144 valence electrons. The van der Waals surface area contributed by atoms with E-state index in [0.29, 0.717) is 29.4 Å². The molecule has 0 radical (unpaired) electrons. The lowest BCUT2D eigenvalue weighted by Gasteiger charge is -2.10. The van der Waals surface area contributed by atoms with Gasteiger partial charge in [0.2, 0.25) is 5.91 Å². The first kappa shape index (κ1) is 19.6. The molecule has 1 aromatic heterocycles. The molecule has 0 spiro atoms. The van der Waals surface area contributed by atoms with Crippen LogP contribution in [0.2, 0.25) is 0 Å². The molecule has 3 aromatic rings. The molecule has 2 aromatic carbocycles. The highest BCUT2D eigenvalue weighted by Gasteiger charge is 2.15. The van der Waals surface area contributed by atoms with Gasteiger partial charge in [0.25, 0.3) is 5.91 Å². The zero-order valence-corrected chi connectivity index (χ0v) is 16.5. The van der Waals surface area contributed by atoms with Gasteiger partial charge in [-0.25, -0.2) is 4.98 Å². The summed E-state index contributed by atoms with van der Waals surface area (Å²) in [4.78, 5) is 28.8. The maximum Gasteiger partial charge on any atom is 0.275 e. The number of amides is 2. The Morgan fingerprint density at radius 2 is 1.89 bits per heavy atom. The molecule has 0 fully saturated rings. The van der Waals surface area contributed by atoms with Crippen LogP contribution in [0.1, 0.15) is 28.0 Å². The van der Waals surface area contributed by atoms with Crippen LogP contribution in [0, 0.1) is 6.92 Å².